The standard InChI is InChI=1S/C20H17ClN2O5S/c1-12-3-5-15(21)18(7-12)28-10-13-8-19(29-11-13)20(24)22-16-6-4-14(27-2)9-17(16)23(25)26/h3-9,11H,10H2,1-2H3,(H,22,24). The number of nitrogens with zero attached hydrogens (tertiary/aromatic N) is 1. The quantitative estimate of drug-likeness (QED) is 0.395. The Labute approximate surface area is 176 Å². The first-order valence-electron chi connectivity index (χ1n) is 8.47. The number of hydrogen-bond donors (Lipinski definition) is 1. The van der Waals surface area contributed by atoms with E-state index in [2.05, 4.69) is 5.32 Å². The highest BCUT2D eigenvalue weighted by Crippen LogP contribution is 2.30. The van der Waals surface area contributed by atoms with Crippen LogP contribution in [0.2, 0.25) is 5.02 Å². The van der Waals surface area contributed by atoms with E-state index in [1.165, 1.54) is 30.6 Å². The summed E-state index contributed by atoms with van der Waals surface area (Å²) in [6.45, 7) is 2.18. The lowest BCUT2D eigenvalue weighted by Gasteiger charge is -2.08. The van der Waals surface area contributed by atoms with Crippen LogP contribution >= 0.6 is 22.9 Å². The first-order valence-corrected chi connectivity index (χ1v) is 9.73. The zero-order valence-electron chi connectivity index (χ0n) is 15.6. The van der Waals surface area contributed by atoms with Gasteiger partial charge in [0.2, 0.25) is 0 Å². The molecule has 0 atom stereocenters. The average molecular weight is 433 g/mol. The van der Waals surface area contributed by atoms with E-state index in [0.29, 0.717) is 21.4 Å². The Bertz CT molecular complexity index is 1070. The fourth-order valence-corrected chi connectivity index (χ4v) is 3.50. The zero-order valence-corrected chi connectivity index (χ0v) is 17.2. The monoisotopic (exact) mass is 432 g/mol. The number of nitro benzene ring substituents is 1. The van der Waals surface area contributed by atoms with Crippen LogP contribution in [-0.2, 0) is 6.61 Å². The van der Waals surface area contributed by atoms with Gasteiger partial charge in [-0.1, -0.05) is 17.7 Å². The average Bonchev–Trinajstić information content (AvgIpc) is 3.18. The molecule has 0 fully saturated rings. The molecule has 0 spiro atoms. The lowest BCUT2D eigenvalue weighted by Crippen LogP contribution is -2.11. The molecule has 9 heteroatoms. The van der Waals surface area contributed by atoms with Gasteiger partial charge in [0.25, 0.3) is 11.6 Å². The molecule has 1 amide bonds. The molecule has 150 valence electrons. The van der Waals surface area contributed by atoms with Crippen molar-refractivity contribution in [2.75, 3.05) is 12.4 Å². The summed E-state index contributed by atoms with van der Waals surface area (Å²) in [5.41, 5.74) is 1.67. The number of ether oxygens (including phenoxy) is 2. The maximum absolute atomic E-state index is 12.5. The van der Waals surface area contributed by atoms with E-state index >= 15 is 0 Å². The molecular weight excluding hydrogens is 416 g/mol. The molecule has 0 saturated heterocycles. The first kappa shape index (κ1) is 20.6. The van der Waals surface area contributed by atoms with Crippen molar-refractivity contribution in [1.82, 2.24) is 0 Å². The van der Waals surface area contributed by atoms with Gasteiger partial charge in [0.05, 0.1) is 28.0 Å². The van der Waals surface area contributed by atoms with Crippen molar-refractivity contribution in [2.45, 2.75) is 13.5 Å². The minimum absolute atomic E-state index is 0.0959. The minimum Gasteiger partial charge on any atom is -0.496 e. The molecule has 1 N–H and O–H groups in total. The molecule has 7 nitrogen and oxygen atoms in total. The van der Waals surface area contributed by atoms with Crippen molar-refractivity contribution >= 4 is 40.2 Å². The lowest BCUT2D eigenvalue weighted by molar-refractivity contribution is -0.384. The van der Waals surface area contributed by atoms with Crippen LogP contribution in [0.5, 0.6) is 11.5 Å². The maximum atomic E-state index is 12.5. The fourth-order valence-electron chi connectivity index (χ4n) is 2.53. The molecule has 0 bridgehead atoms. The summed E-state index contributed by atoms with van der Waals surface area (Å²) in [4.78, 5) is 23.6. The molecule has 3 aromatic rings. The molecule has 1 aromatic heterocycles. The van der Waals surface area contributed by atoms with Gasteiger partial charge in [0, 0.05) is 5.56 Å². The predicted molar refractivity (Wildman–Crippen MR) is 112 cm³/mol. The van der Waals surface area contributed by atoms with Gasteiger partial charge in [-0.15, -0.1) is 11.3 Å². The second kappa shape index (κ2) is 8.93. The van der Waals surface area contributed by atoms with Gasteiger partial charge >= 0.3 is 0 Å². The number of methoxy groups -OCH3 is 1. The molecule has 2 aromatic carbocycles. The number of amides is 1. The third-order valence-corrected chi connectivity index (χ3v) is 5.30. The number of aryl methyl sites for hydroxylation is 1. The van der Waals surface area contributed by atoms with Crippen LogP contribution in [0.1, 0.15) is 20.8 Å². The Kier molecular flexibility index (Phi) is 6.36. The summed E-state index contributed by atoms with van der Waals surface area (Å²) in [5, 5.41) is 16.1. The smallest absolute Gasteiger partial charge is 0.296 e. The third-order valence-electron chi connectivity index (χ3n) is 4.01. The van der Waals surface area contributed by atoms with Gasteiger partial charge in [0.15, 0.2) is 0 Å². The number of anilines is 1. The zero-order chi connectivity index (χ0) is 21.0. The molecule has 0 radical (unpaired) electrons. The Morgan fingerprint density at radius 3 is 2.76 bits per heavy atom. The number of halogens is 1. The van der Waals surface area contributed by atoms with Gasteiger partial charge in [-0.05, 0) is 48.2 Å². The van der Waals surface area contributed by atoms with E-state index < -0.39 is 10.8 Å². The van der Waals surface area contributed by atoms with Gasteiger partial charge in [-0.2, -0.15) is 0 Å². The number of benzene rings is 2. The van der Waals surface area contributed by atoms with Crippen molar-refractivity contribution in [3.63, 3.8) is 0 Å². The highest BCUT2D eigenvalue weighted by Gasteiger charge is 2.19. The predicted octanol–water partition coefficient (Wildman–Crippen LogP) is 5.46. The van der Waals surface area contributed by atoms with Crippen molar-refractivity contribution in [2.24, 2.45) is 0 Å². The summed E-state index contributed by atoms with van der Waals surface area (Å²) < 4.78 is 10.7. The Balaban J connectivity index is 1.70. The van der Waals surface area contributed by atoms with Crippen LogP contribution in [-0.4, -0.2) is 17.9 Å². The molecule has 0 saturated carbocycles. The normalized spacial score (nSPS) is 10.4. The van der Waals surface area contributed by atoms with Crippen LogP contribution in [0.4, 0.5) is 11.4 Å². The molecule has 0 aliphatic heterocycles. The summed E-state index contributed by atoms with van der Waals surface area (Å²) in [6, 6.07) is 11.4. The van der Waals surface area contributed by atoms with Crippen LogP contribution in [0.25, 0.3) is 0 Å². The summed E-state index contributed by atoms with van der Waals surface area (Å²) >= 11 is 7.34. The van der Waals surface area contributed by atoms with Crippen molar-refractivity contribution in [1.29, 1.82) is 0 Å². The van der Waals surface area contributed by atoms with E-state index in [1.54, 1.807) is 23.6 Å². The molecule has 0 aliphatic carbocycles. The number of nitrogens with one attached hydrogen (secondary N) is 1. The highest BCUT2D eigenvalue weighted by atomic mass is 35.5. The summed E-state index contributed by atoms with van der Waals surface area (Å²) in [7, 11) is 1.41. The highest BCUT2D eigenvalue weighted by molar-refractivity contribution is 7.12. The summed E-state index contributed by atoms with van der Waals surface area (Å²) in [5.74, 6) is 0.459. The van der Waals surface area contributed by atoms with E-state index in [4.69, 9.17) is 21.1 Å². The Hall–Kier alpha value is -3.10. The Morgan fingerprint density at radius 1 is 1.24 bits per heavy atom. The van der Waals surface area contributed by atoms with Crippen molar-refractivity contribution in [3.8, 4) is 11.5 Å². The largest absolute Gasteiger partial charge is 0.496 e. The van der Waals surface area contributed by atoms with Crippen LogP contribution in [0.15, 0.2) is 47.8 Å². The number of thiophene rings is 1. The van der Waals surface area contributed by atoms with Gasteiger partial charge < -0.3 is 14.8 Å². The number of carbonyl (C=O) groups is 1. The first-order chi connectivity index (χ1) is 13.9. The van der Waals surface area contributed by atoms with Gasteiger partial charge in [-0.25, -0.2) is 0 Å². The van der Waals surface area contributed by atoms with E-state index in [0.717, 1.165) is 11.1 Å². The van der Waals surface area contributed by atoms with Gasteiger partial charge in [-0.3, -0.25) is 14.9 Å². The number of rotatable bonds is 7. The fraction of sp³-hybridized carbons (Fsp3) is 0.150. The van der Waals surface area contributed by atoms with Crippen LogP contribution in [0.3, 0.4) is 0 Å². The number of nitro groups is 1. The molecular formula is C20H17ClN2O5S. The van der Waals surface area contributed by atoms with E-state index in [9.17, 15) is 14.9 Å². The van der Waals surface area contributed by atoms with Crippen molar-refractivity contribution in [3.05, 3.63) is 79.0 Å². The molecule has 1 heterocycles. The van der Waals surface area contributed by atoms with Crippen LogP contribution < -0.4 is 14.8 Å². The number of carbonyl (C=O) groups excluding carboxylic acids is 1. The van der Waals surface area contributed by atoms with E-state index in [-0.39, 0.29) is 18.0 Å². The summed E-state index contributed by atoms with van der Waals surface area (Å²) in [6.07, 6.45) is 0. The van der Waals surface area contributed by atoms with Crippen LogP contribution in [0, 0.1) is 17.0 Å². The second-order valence-electron chi connectivity index (χ2n) is 6.14. The topological polar surface area (TPSA) is 90.7 Å². The molecule has 0 aliphatic rings. The third kappa shape index (κ3) is 5.04. The molecule has 0 unspecified atom stereocenters. The second-order valence-corrected chi connectivity index (χ2v) is 7.45. The SMILES string of the molecule is COc1ccc(NC(=O)c2cc(COc3cc(C)ccc3Cl)cs2)c([N+](=O)[O-])c1. The Morgan fingerprint density at radius 2 is 2.03 bits per heavy atom. The molecule has 3 rings (SSSR count). The van der Waals surface area contributed by atoms with Crippen molar-refractivity contribution < 1.29 is 19.2 Å². The van der Waals surface area contributed by atoms with E-state index in [1.807, 2.05) is 19.1 Å². The lowest BCUT2D eigenvalue weighted by atomic mass is 10.2. The number of hydrogen-bond acceptors (Lipinski definition) is 6. The minimum atomic E-state index is -0.572. The maximum Gasteiger partial charge on any atom is 0.296 e. The van der Waals surface area contributed by atoms with Gasteiger partial charge in [0.1, 0.15) is 23.8 Å². The molecule has 29 heavy (non-hydrogen) atoms.